The van der Waals surface area contributed by atoms with Crippen LogP contribution in [0.25, 0.3) is 11.3 Å². The van der Waals surface area contributed by atoms with E-state index >= 15 is 0 Å². The molecule has 1 aliphatic heterocycles. The van der Waals surface area contributed by atoms with Crippen LogP contribution in [0.2, 0.25) is 0 Å². The summed E-state index contributed by atoms with van der Waals surface area (Å²) in [6, 6.07) is 9.54. The topological polar surface area (TPSA) is 83.0 Å². The van der Waals surface area contributed by atoms with Gasteiger partial charge in [-0.1, -0.05) is 12.1 Å². The summed E-state index contributed by atoms with van der Waals surface area (Å²) in [5.41, 5.74) is 7.93. The Kier molecular flexibility index (Phi) is 4.07. The highest BCUT2D eigenvalue weighted by Crippen LogP contribution is 2.30. The predicted octanol–water partition coefficient (Wildman–Crippen LogP) is 2.38. The first kappa shape index (κ1) is 14.5. The largest absolute Gasteiger partial charge is 0.369 e. The fraction of sp³-hybridized carbons (Fsp3) is 0.312. The van der Waals surface area contributed by atoms with Crippen LogP contribution in [0.15, 0.2) is 29.6 Å². The average molecular weight is 312 g/mol. The standard InChI is InChI=1S/C16H16N4OS/c17-9-11-1-3-12(4-2-11)14-10-22-16(19-14)20-7-5-13(6-8-20)15(18)21/h1-4,10,13H,5-8H2,(H2,18,21). The van der Waals surface area contributed by atoms with Crippen LogP contribution in [0.1, 0.15) is 18.4 Å². The van der Waals surface area contributed by atoms with Crippen LogP contribution in [0.5, 0.6) is 0 Å². The van der Waals surface area contributed by atoms with Gasteiger partial charge in [0.25, 0.3) is 0 Å². The minimum atomic E-state index is -0.197. The third-order valence-electron chi connectivity index (χ3n) is 3.97. The lowest BCUT2D eigenvalue weighted by Crippen LogP contribution is -2.38. The molecule has 1 fully saturated rings. The van der Waals surface area contributed by atoms with Crippen molar-refractivity contribution in [3.05, 3.63) is 35.2 Å². The van der Waals surface area contributed by atoms with E-state index in [1.807, 2.05) is 17.5 Å². The highest BCUT2D eigenvalue weighted by atomic mass is 32.1. The molecule has 0 radical (unpaired) electrons. The SMILES string of the molecule is N#Cc1ccc(-c2csc(N3CCC(C(N)=O)CC3)n2)cc1. The van der Waals surface area contributed by atoms with Crippen molar-refractivity contribution in [3.63, 3.8) is 0 Å². The number of anilines is 1. The molecule has 1 amide bonds. The summed E-state index contributed by atoms with van der Waals surface area (Å²) in [4.78, 5) is 18.1. The van der Waals surface area contributed by atoms with Gasteiger partial charge in [0.15, 0.2) is 5.13 Å². The zero-order valence-corrected chi connectivity index (χ0v) is 12.8. The fourth-order valence-electron chi connectivity index (χ4n) is 2.61. The predicted molar refractivity (Wildman–Crippen MR) is 86.4 cm³/mol. The molecule has 112 valence electrons. The number of benzene rings is 1. The Morgan fingerprint density at radius 2 is 2.00 bits per heavy atom. The molecule has 2 heterocycles. The van der Waals surface area contributed by atoms with Crippen molar-refractivity contribution in [1.82, 2.24) is 4.98 Å². The van der Waals surface area contributed by atoms with E-state index in [9.17, 15) is 4.79 Å². The van der Waals surface area contributed by atoms with Gasteiger partial charge in [-0.3, -0.25) is 4.79 Å². The second-order valence-electron chi connectivity index (χ2n) is 5.37. The maximum Gasteiger partial charge on any atom is 0.220 e. The third-order valence-corrected chi connectivity index (χ3v) is 4.87. The van der Waals surface area contributed by atoms with Crippen LogP contribution in [0.4, 0.5) is 5.13 Å². The van der Waals surface area contributed by atoms with Crippen molar-refractivity contribution in [2.45, 2.75) is 12.8 Å². The number of amides is 1. The molecule has 2 N–H and O–H groups in total. The number of piperidine rings is 1. The molecule has 5 nitrogen and oxygen atoms in total. The van der Waals surface area contributed by atoms with Crippen LogP contribution in [-0.2, 0) is 4.79 Å². The van der Waals surface area contributed by atoms with Crippen molar-refractivity contribution in [3.8, 4) is 17.3 Å². The van der Waals surface area contributed by atoms with Gasteiger partial charge in [0.1, 0.15) is 0 Å². The summed E-state index contributed by atoms with van der Waals surface area (Å²) in [5, 5.41) is 11.8. The Balaban J connectivity index is 1.71. The van der Waals surface area contributed by atoms with Crippen LogP contribution in [0, 0.1) is 17.2 Å². The molecule has 1 aromatic carbocycles. The molecule has 1 saturated heterocycles. The van der Waals surface area contributed by atoms with E-state index in [4.69, 9.17) is 11.0 Å². The Morgan fingerprint density at radius 1 is 1.32 bits per heavy atom. The number of hydrogen-bond acceptors (Lipinski definition) is 5. The average Bonchev–Trinajstić information content (AvgIpc) is 3.05. The molecule has 0 saturated carbocycles. The number of rotatable bonds is 3. The summed E-state index contributed by atoms with van der Waals surface area (Å²) < 4.78 is 0. The van der Waals surface area contributed by atoms with E-state index in [-0.39, 0.29) is 11.8 Å². The van der Waals surface area contributed by atoms with E-state index in [1.165, 1.54) is 0 Å². The molecule has 0 atom stereocenters. The lowest BCUT2D eigenvalue weighted by Gasteiger charge is -2.30. The van der Waals surface area contributed by atoms with Crippen molar-refractivity contribution in [1.29, 1.82) is 5.26 Å². The van der Waals surface area contributed by atoms with Crippen molar-refractivity contribution >= 4 is 22.4 Å². The Labute approximate surface area is 133 Å². The first-order valence-electron chi connectivity index (χ1n) is 7.17. The van der Waals surface area contributed by atoms with Gasteiger partial charge in [0.05, 0.1) is 17.3 Å². The van der Waals surface area contributed by atoms with Gasteiger partial charge in [-0.2, -0.15) is 5.26 Å². The Bertz CT molecular complexity index is 708. The number of hydrogen-bond donors (Lipinski definition) is 1. The Morgan fingerprint density at radius 3 is 2.59 bits per heavy atom. The third kappa shape index (κ3) is 2.95. The molecule has 0 spiro atoms. The molecule has 1 aromatic heterocycles. The lowest BCUT2D eigenvalue weighted by molar-refractivity contribution is -0.122. The second kappa shape index (κ2) is 6.16. The molecule has 0 unspecified atom stereocenters. The number of aromatic nitrogens is 1. The van der Waals surface area contributed by atoms with Gasteiger partial charge >= 0.3 is 0 Å². The summed E-state index contributed by atoms with van der Waals surface area (Å²) in [7, 11) is 0. The first-order valence-corrected chi connectivity index (χ1v) is 8.05. The Hall–Kier alpha value is -2.39. The van der Waals surface area contributed by atoms with Crippen LogP contribution >= 0.6 is 11.3 Å². The molecule has 2 aromatic rings. The number of carbonyl (C=O) groups is 1. The van der Waals surface area contributed by atoms with Crippen molar-refractivity contribution in [2.24, 2.45) is 11.7 Å². The van der Waals surface area contributed by atoms with Gasteiger partial charge in [0, 0.05) is 30.0 Å². The summed E-state index contributed by atoms with van der Waals surface area (Å²) in [5.74, 6) is -0.203. The number of nitrogens with zero attached hydrogens (tertiary/aromatic N) is 3. The number of thiazole rings is 1. The highest BCUT2D eigenvalue weighted by Gasteiger charge is 2.24. The molecule has 6 heteroatoms. The summed E-state index contributed by atoms with van der Waals surface area (Å²) in [6.07, 6.45) is 1.59. The molecule has 22 heavy (non-hydrogen) atoms. The fourth-order valence-corrected chi connectivity index (χ4v) is 3.50. The molecular weight excluding hydrogens is 296 g/mol. The zero-order valence-electron chi connectivity index (χ0n) is 12.0. The van der Waals surface area contributed by atoms with E-state index in [1.54, 1.807) is 23.5 Å². The zero-order chi connectivity index (χ0) is 15.5. The van der Waals surface area contributed by atoms with Crippen LogP contribution in [0.3, 0.4) is 0 Å². The number of carbonyl (C=O) groups excluding carboxylic acids is 1. The lowest BCUT2D eigenvalue weighted by atomic mass is 9.97. The van der Waals surface area contributed by atoms with E-state index < -0.39 is 0 Å². The number of primary amides is 1. The van der Waals surface area contributed by atoms with E-state index in [0.717, 1.165) is 42.3 Å². The van der Waals surface area contributed by atoms with E-state index in [0.29, 0.717) is 5.56 Å². The number of nitrogens with two attached hydrogens (primary N) is 1. The minimum absolute atomic E-state index is 0.00536. The quantitative estimate of drug-likeness (QED) is 0.943. The first-order chi connectivity index (χ1) is 10.7. The maximum atomic E-state index is 11.2. The minimum Gasteiger partial charge on any atom is -0.369 e. The maximum absolute atomic E-state index is 11.2. The second-order valence-corrected chi connectivity index (χ2v) is 6.20. The van der Waals surface area contributed by atoms with Crippen molar-refractivity contribution < 1.29 is 4.79 Å². The molecule has 1 aliphatic rings. The molecule has 0 bridgehead atoms. The highest BCUT2D eigenvalue weighted by molar-refractivity contribution is 7.14. The monoisotopic (exact) mass is 312 g/mol. The van der Waals surface area contributed by atoms with Gasteiger partial charge in [0.2, 0.25) is 5.91 Å². The van der Waals surface area contributed by atoms with Crippen LogP contribution < -0.4 is 10.6 Å². The normalized spacial score (nSPS) is 15.5. The molecule has 0 aliphatic carbocycles. The van der Waals surface area contributed by atoms with Gasteiger partial charge in [-0.05, 0) is 25.0 Å². The summed E-state index contributed by atoms with van der Waals surface area (Å²) >= 11 is 1.60. The molecule has 3 rings (SSSR count). The van der Waals surface area contributed by atoms with E-state index in [2.05, 4.69) is 16.0 Å². The molecular formula is C16H16N4OS. The van der Waals surface area contributed by atoms with Crippen LogP contribution in [-0.4, -0.2) is 24.0 Å². The number of nitriles is 1. The van der Waals surface area contributed by atoms with Gasteiger partial charge < -0.3 is 10.6 Å². The smallest absolute Gasteiger partial charge is 0.220 e. The van der Waals surface area contributed by atoms with Gasteiger partial charge in [-0.25, -0.2) is 4.98 Å². The van der Waals surface area contributed by atoms with Crippen molar-refractivity contribution in [2.75, 3.05) is 18.0 Å². The van der Waals surface area contributed by atoms with Gasteiger partial charge in [-0.15, -0.1) is 11.3 Å². The summed E-state index contributed by atoms with van der Waals surface area (Å²) in [6.45, 7) is 1.63.